The Morgan fingerprint density at radius 1 is 1.12 bits per heavy atom. The van der Waals surface area contributed by atoms with Crippen LogP contribution >= 0.6 is 0 Å². The zero-order valence-electron chi connectivity index (χ0n) is 10.2. The van der Waals surface area contributed by atoms with E-state index in [4.69, 9.17) is 5.26 Å². The van der Waals surface area contributed by atoms with Gasteiger partial charge in [0.1, 0.15) is 0 Å². The van der Waals surface area contributed by atoms with E-state index in [0.29, 0.717) is 0 Å². The number of hydrogen-bond donors (Lipinski definition) is 0. The SMILES string of the molecule is CCCCCCN(C)c1ccc(C#N)cc1. The molecule has 0 fully saturated rings. The standard InChI is InChI=1S/C14H20N2/c1-3-4-5-6-11-16(2)14-9-7-13(12-15)8-10-14/h7-10H,3-6,11H2,1-2H3. The molecule has 0 amide bonds. The van der Waals surface area contributed by atoms with E-state index >= 15 is 0 Å². The van der Waals surface area contributed by atoms with Gasteiger partial charge in [0.25, 0.3) is 0 Å². The summed E-state index contributed by atoms with van der Waals surface area (Å²) in [6, 6.07) is 9.90. The maximum absolute atomic E-state index is 8.70. The molecule has 0 N–H and O–H groups in total. The molecular formula is C14H20N2. The molecule has 0 aromatic heterocycles. The summed E-state index contributed by atoms with van der Waals surface area (Å²) >= 11 is 0. The summed E-state index contributed by atoms with van der Waals surface area (Å²) in [7, 11) is 2.10. The molecule has 2 nitrogen and oxygen atoms in total. The van der Waals surface area contributed by atoms with Gasteiger partial charge in [0.05, 0.1) is 11.6 Å². The van der Waals surface area contributed by atoms with E-state index in [1.807, 2.05) is 24.3 Å². The lowest BCUT2D eigenvalue weighted by Crippen LogP contribution is -2.18. The number of nitriles is 1. The third-order valence-electron chi connectivity index (χ3n) is 2.78. The molecule has 0 unspecified atom stereocenters. The lowest BCUT2D eigenvalue weighted by atomic mass is 10.2. The molecule has 0 saturated heterocycles. The average molecular weight is 216 g/mol. The molecule has 0 radical (unpaired) electrons. The van der Waals surface area contributed by atoms with Gasteiger partial charge < -0.3 is 4.90 Å². The van der Waals surface area contributed by atoms with Crippen LogP contribution in [-0.2, 0) is 0 Å². The highest BCUT2D eigenvalue weighted by molar-refractivity contribution is 5.48. The summed E-state index contributed by atoms with van der Waals surface area (Å²) in [4.78, 5) is 2.25. The summed E-state index contributed by atoms with van der Waals surface area (Å²) in [5.74, 6) is 0. The van der Waals surface area contributed by atoms with E-state index in [1.165, 1.54) is 31.4 Å². The summed E-state index contributed by atoms with van der Waals surface area (Å²) in [5, 5.41) is 8.70. The van der Waals surface area contributed by atoms with Crippen LogP contribution in [0.3, 0.4) is 0 Å². The molecule has 1 aromatic rings. The van der Waals surface area contributed by atoms with Gasteiger partial charge in [-0.25, -0.2) is 0 Å². The zero-order chi connectivity index (χ0) is 11.8. The van der Waals surface area contributed by atoms with Crippen molar-refractivity contribution < 1.29 is 0 Å². The normalized spacial score (nSPS) is 9.81. The van der Waals surface area contributed by atoms with Crippen molar-refractivity contribution >= 4 is 5.69 Å². The quantitative estimate of drug-likeness (QED) is 0.680. The van der Waals surface area contributed by atoms with Gasteiger partial charge in [-0.05, 0) is 30.7 Å². The smallest absolute Gasteiger partial charge is 0.0991 e. The zero-order valence-corrected chi connectivity index (χ0v) is 10.2. The largest absolute Gasteiger partial charge is 0.375 e. The lowest BCUT2D eigenvalue weighted by Gasteiger charge is -2.19. The van der Waals surface area contributed by atoms with Crippen molar-refractivity contribution in [2.45, 2.75) is 32.6 Å². The Kier molecular flexibility index (Phi) is 5.42. The van der Waals surface area contributed by atoms with E-state index in [1.54, 1.807) is 0 Å². The van der Waals surface area contributed by atoms with Gasteiger partial charge in [0, 0.05) is 19.3 Å². The Labute approximate surface area is 98.5 Å². The number of benzene rings is 1. The predicted octanol–water partition coefficient (Wildman–Crippen LogP) is 3.57. The van der Waals surface area contributed by atoms with Crippen LogP contribution in [0.5, 0.6) is 0 Å². The summed E-state index contributed by atoms with van der Waals surface area (Å²) in [5.41, 5.74) is 1.92. The van der Waals surface area contributed by atoms with Gasteiger partial charge in [-0.3, -0.25) is 0 Å². The molecule has 0 aliphatic carbocycles. The van der Waals surface area contributed by atoms with E-state index in [2.05, 4.69) is 24.9 Å². The van der Waals surface area contributed by atoms with Crippen molar-refractivity contribution in [1.82, 2.24) is 0 Å². The van der Waals surface area contributed by atoms with Crippen LogP contribution in [-0.4, -0.2) is 13.6 Å². The molecule has 0 aliphatic rings. The topological polar surface area (TPSA) is 27.0 Å². The van der Waals surface area contributed by atoms with Crippen molar-refractivity contribution in [3.05, 3.63) is 29.8 Å². The van der Waals surface area contributed by atoms with Crippen molar-refractivity contribution in [3.63, 3.8) is 0 Å². The summed E-state index contributed by atoms with van der Waals surface area (Å²) in [6.45, 7) is 3.32. The highest BCUT2D eigenvalue weighted by Crippen LogP contribution is 2.14. The van der Waals surface area contributed by atoms with Crippen LogP contribution in [0.4, 0.5) is 5.69 Å². The number of rotatable bonds is 6. The van der Waals surface area contributed by atoms with Crippen LogP contribution in [0.15, 0.2) is 24.3 Å². The Morgan fingerprint density at radius 2 is 1.81 bits per heavy atom. The Balaban J connectivity index is 2.40. The molecule has 1 aromatic carbocycles. The fourth-order valence-corrected chi connectivity index (χ4v) is 1.70. The number of anilines is 1. The molecule has 0 saturated carbocycles. The highest BCUT2D eigenvalue weighted by Gasteiger charge is 2.00. The third kappa shape index (κ3) is 3.94. The highest BCUT2D eigenvalue weighted by atomic mass is 15.1. The van der Waals surface area contributed by atoms with Crippen LogP contribution < -0.4 is 4.90 Å². The fourth-order valence-electron chi connectivity index (χ4n) is 1.70. The van der Waals surface area contributed by atoms with Crippen LogP contribution in [0.2, 0.25) is 0 Å². The second-order valence-electron chi connectivity index (χ2n) is 4.14. The fraction of sp³-hybridized carbons (Fsp3) is 0.500. The van der Waals surface area contributed by atoms with Gasteiger partial charge in [-0.2, -0.15) is 5.26 Å². The van der Waals surface area contributed by atoms with Crippen molar-refractivity contribution in [3.8, 4) is 6.07 Å². The van der Waals surface area contributed by atoms with Gasteiger partial charge in [-0.15, -0.1) is 0 Å². The van der Waals surface area contributed by atoms with E-state index < -0.39 is 0 Å². The van der Waals surface area contributed by atoms with Gasteiger partial charge in [0.2, 0.25) is 0 Å². The first-order valence-corrected chi connectivity index (χ1v) is 5.99. The van der Waals surface area contributed by atoms with Crippen LogP contribution in [0.25, 0.3) is 0 Å². The minimum Gasteiger partial charge on any atom is -0.375 e. The van der Waals surface area contributed by atoms with Gasteiger partial charge >= 0.3 is 0 Å². The first-order valence-electron chi connectivity index (χ1n) is 5.99. The average Bonchev–Trinajstić information content (AvgIpc) is 2.34. The minimum absolute atomic E-state index is 0.725. The second kappa shape index (κ2) is 6.90. The molecule has 0 heterocycles. The number of nitrogens with zero attached hydrogens (tertiary/aromatic N) is 2. The van der Waals surface area contributed by atoms with E-state index in [-0.39, 0.29) is 0 Å². The maximum Gasteiger partial charge on any atom is 0.0991 e. The Bertz CT molecular complexity index is 335. The molecule has 86 valence electrons. The molecule has 16 heavy (non-hydrogen) atoms. The molecule has 1 rings (SSSR count). The van der Waals surface area contributed by atoms with Crippen molar-refractivity contribution in [2.75, 3.05) is 18.5 Å². The molecule has 0 bridgehead atoms. The lowest BCUT2D eigenvalue weighted by molar-refractivity contribution is 0.661. The van der Waals surface area contributed by atoms with Crippen molar-refractivity contribution in [1.29, 1.82) is 5.26 Å². The first-order chi connectivity index (χ1) is 7.77. The molecule has 0 atom stereocenters. The number of hydrogen-bond acceptors (Lipinski definition) is 2. The maximum atomic E-state index is 8.70. The van der Waals surface area contributed by atoms with Gasteiger partial charge in [-0.1, -0.05) is 26.2 Å². The third-order valence-corrected chi connectivity index (χ3v) is 2.78. The summed E-state index contributed by atoms with van der Waals surface area (Å²) < 4.78 is 0. The Morgan fingerprint density at radius 3 is 2.38 bits per heavy atom. The van der Waals surface area contributed by atoms with Crippen LogP contribution in [0, 0.1) is 11.3 Å². The molecule has 2 heteroatoms. The second-order valence-corrected chi connectivity index (χ2v) is 4.14. The summed E-state index contributed by atoms with van der Waals surface area (Å²) in [6.07, 6.45) is 5.14. The van der Waals surface area contributed by atoms with E-state index in [0.717, 1.165) is 12.1 Å². The van der Waals surface area contributed by atoms with Crippen LogP contribution in [0.1, 0.15) is 38.2 Å². The predicted molar refractivity (Wildman–Crippen MR) is 68.6 cm³/mol. The Hall–Kier alpha value is -1.49. The van der Waals surface area contributed by atoms with Crippen molar-refractivity contribution in [2.24, 2.45) is 0 Å². The molecular weight excluding hydrogens is 196 g/mol. The molecule has 0 spiro atoms. The van der Waals surface area contributed by atoms with E-state index in [9.17, 15) is 0 Å². The monoisotopic (exact) mass is 216 g/mol. The number of unbranched alkanes of at least 4 members (excludes halogenated alkanes) is 3. The van der Waals surface area contributed by atoms with Gasteiger partial charge in [0.15, 0.2) is 0 Å². The first kappa shape index (κ1) is 12.6. The molecule has 0 aliphatic heterocycles. The minimum atomic E-state index is 0.725.